The molecule has 0 radical (unpaired) electrons. The first-order valence-electron chi connectivity index (χ1n) is 9.12. The molecule has 2 aromatic rings. The Bertz CT molecular complexity index is 970. The van der Waals surface area contributed by atoms with E-state index in [4.69, 9.17) is 16.0 Å². The van der Waals surface area contributed by atoms with Crippen LogP contribution in [0.4, 0.5) is 18.9 Å². The van der Waals surface area contributed by atoms with E-state index in [1.165, 1.54) is 36.4 Å². The van der Waals surface area contributed by atoms with E-state index in [1.54, 1.807) is 12.1 Å². The molecule has 0 aromatic heterocycles. The lowest BCUT2D eigenvalue weighted by Crippen LogP contribution is -2.35. The predicted octanol–water partition coefficient (Wildman–Crippen LogP) is 2.40. The topological polar surface area (TPSA) is 136 Å². The highest BCUT2D eigenvalue weighted by Crippen LogP contribution is 2.29. The monoisotopic (exact) mass is 470 g/mol. The number of amides is 1. The van der Waals surface area contributed by atoms with E-state index in [9.17, 15) is 23.2 Å². The zero-order valence-corrected chi connectivity index (χ0v) is 17.6. The molecule has 0 unspecified atom stereocenters. The summed E-state index contributed by atoms with van der Waals surface area (Å²) in [7, 11) is 0. The van der Waals surface area contributed by atoms with E-state index in [2.05, 4.69) is 16.1 Å². The summed E-state index contributed by atoms with van der Waals surface area (Å²) < 4.78 is 43.6. The maximum Gasteiger partial charge on any atom is 0.290 e. The summed E-state index contributed by atoms with van der Waals surface area (Å²) in [6, 6.07) is 11.3. The van der Waals surface area contributed by atoms with Gasteiger partial charge < -0.3 is 16.4 Å². The van der Waals surface area contributed by atoms with Crippen molar-refractivity contribution in [2.24, 2.45) is 5.73 Å². The number of anilines is 1. The number of nitriles is 1. The van der Waals surface area contributed by atoms with Gasteiger partial charge in [0.15, 0.2) is 5.82 Å². The molecule has 2 aromatic carbocycles. The van der Waals surface area contributed by atoms with Crippen LogP contribution in [0, 0.1) is 22.6 Å². The van der Waals surface area contributed by atoms with Crippen molar-refractivity contribution < 1.29 is 22.8 Å². The molecule has 172 valence electrons. The fraction of sp³-hybridized carbons (Fsp3) is 0.250. The Labute approximate surface area is 188 Å². The minimum atomic E-state index is -3.26. The number of nitrogens with one attached hydrogen (secondary N) is 4. The number of carbonyl (C=O) groups is 1. The summed E-state index contributed by atoms with van der Waals surface area (Å²) in [6.45, 7) is -0.856. The Balaban J connectivity index is 0.00000512. The van der Waals surface area contributed by atoms with Gasteiger partial charge in [0.1, 0.15) is 0 Å². The Kier molecular flexibility index (Phi) is 10.3. The van der Waals surface area contributed by atoms with E-state index in [0.29, 0.717) is 0 Å². The van der Waals surface area contributed by atoms with Crippen LogP contribution in [-0.4, -0.2) is 31.6 Å². The van der Waals surface area contributed by atoms with Crippen molar-refractivity contribution in [3.8, 4) is 6.07 Å². The van der Waals surface area contributed by atoms with Crippen molar-refractivity contribution in [1.29, 1.82) is 10.7 Å². The maximum absolute atomic E-state index is 14.9. The molecule has 0 bridgehead atoms. The van der Waals surface area contributed by atoms with Crippen molar-refractivity contribution in [2.45, 2.75) is 12.3 Å². The summed E-state index contributed by atoms with van der Waals surface area (Å²) in [4.78, 5) is 16.8. The number of hydroxylamine groups is 1. The molecule has 32 heavy (non-hydrogen) atoms. The zero-order chi connectivity index (χ0) is 22.9. The van der Waals surface area contributed by atoms with Crippen molar-refractivity contribution in [3.05, 3.63) is 65.0 Å². The second-order valence-corrected chi connectivity index (χ2v) is 6.38. The molecule has 0 saturated carbocycles. The van der Waals surface area contributed by atoms with Crippen LogP contribution < -0.4 is 21.8 Å². The molecule has 0 aliphatic carbocycles. The lowest BCUT2D eigenvalue weighted by Gasteiger charge is -2.19. The Morgan fingerprint density at radius 1 is 1.22 bits per heavy atom. The molecular formula is C20H22ClF3N6O2. The molecule has 0 aliphatic rings. The van der Waals surface area contributed by atoms with Crippen LogP contribution in [0.1, 0.15) is 16.7 Å². The lowest BCUT2D eigenvalue weighted by atomic mass is 10.0. The number of guanidine groups is 1. The highest BCUT2D eigenvalue weighted by atomic mass is 35.5. The molecule has 0 fully saturated rings. The summed E-state index contributed by atoms with van der Waals surface area (Å²) >= 11 is 0. The Morgan fingerprint density at radius 2 is 1.91 bits per heavy atom. The van der Waals surface area contributed by atoms with Crippen molar-refractivity contribution in [3.63, 3.8) is 0 Å². The minimum absolute atomic E-state index is 0. The van der Waals surface area contributed by atoms with Crippen molar-refractivity contribution in [2.75, 3.05) is 25.0 Å². The van der Waals surface area contributed by atoms with Crippen LogP contribution >= 0.6 is 12.4 Å². The van der Waals surface area contributed by atoms with Gasteiger partial charge in [-0.25, -0.2) is 9.87 Å². The van der Waals surface area contributed by atoms with E-state index in [1.807, 2.05) is 0 Å². The highest BCUT2D eigenvalue weighted by Gasteiger charge is 2.31. The highest BCUT2D eigenvalue weighted by molar-refractivity contribution is 5.85. The third kappa shape index (κ3) is 7.64. The maximum atomic E-state index is 14.9. The average molecular weight is 471 g/mol. The first kappa shape index (κ1) is 26.5. The summed E-state index contributed by atoms with van der Waals surface area (Å²) in [5, 5.41) is 20.9. The summed E-state index contributed by atoms with van der Waals surface area (Å²) in [5.74, 6) is -5.22. The normalized spacial score (nSPS) is 10.4. The van der Waals surface area contributed by atoms with E-state index in [0.717, 1.165) is 0 Å². The second-order valence-electron chi connectivity index (χ2n) is 6.38. The van der Waals surface area contributed by atoms with Gasteiger partial charge in [-0.2, -0.15) is 14.0 Å². The smallest absolute Gasteiger partial charge is 0.290 e. The number of nitrogens with two attached hydrogens (primary N) is 1. The zero-order valence-electron chi connectivity index (χ0n) is 16.8. The van der Waals surface area contributed by atoms with Crippen LogP contribution in [0.2, 0.25) is 0 Å². The van der Waals surface area contributed by atoms with E-state index >= 15 is 0 Å². The molecule has 0 atom stereocenters. The molecule has 0 heterocycles. The van der Waals surface area contributed by atoms with Gasteiger partial charge in [-0.3, -0.25) is 15.0 Å². The van der Waals surface area contributed by atoms with Gasteiger partial charge in [0.2, 0.25) is 11.9 Å². The molecule has 6 N–H and O–H groups in total. The van der Waals surface area contributed by atoms with Crippen LogP contribution in [0.5, 0.6) is 0 Å². The standard InChI is InChI=1S/C20H21F3N6O2.ClH/c21-18-15(10-17(30)27-8-9-31-29-19(25)26)13(11-24)6-7-16(18)28-12-20(22,23)14-4-2-1-3-5-14;/h1-7,28H,8-10,12H2,(H,27,30)(H4,25,26,29);1H. The molecular weight excluding hydrogens is 449 g/mol. The average Bonchev–Trinajstić information content (AvgIpc) is 2.74. The van der Waals surface area contributed by atoms with Crippen LogP contribution in [0.15, 0.2) is 42.5 Å². The number of alkyl halides is 2. The molecule has 0 aliphatic heterocycles. The molecule has 1 amide bonds. The number of hydrogen-bond donors (Lipinski definition) is 5. The molecule has 8 nitrogen and oxygen atoms in total. The molecule has 12 heteroatoms. The molecule has 2 rings (SSSR count). The largest absolute Gasteiger partial charge is 0.376 e. The van der Waals surface area contributed by atoms with Gasteiger partial charge in [-0.05, 0) is 12.1 Å². The fourth-order valence-electron chi connectivity index (χ4n) is 2.62. The number of carbonyl (C=O) groups excluding carboxylic acids is 1. The van der Waals surface area contributed by atoms with Gasteiger partial charge in [0, 0.05) is 17.7 Å². The first-order chi connectivity index (χ1) is 14.7. The minimum Gasteiger partial charge on any atom is -0.376 e. The predicted molar refractivity (Wildman–Crippen MR) is 115 cm³/mol. The van der Waals surface area contributed by atoms with Gasteiger partial charge in [0.05, 0.1) is 36.9 Å². The number of nitrogens with zero attached hydrogens (tertiary/aromatic N) is 1. The van der Waals surface area contributed by atoms with Gasteiger partial charge >= 0.3 is 0 Å². The van der Waals surface area contributed by atoms with E-state index < -0.39 is 36.6 Å². The third-order valence-electron chi connectivity index (χ3n) is 4.11. The first-order valence-corrected chi connectivity index (χ1v) is 9.12. The quantitative estimate of drug-likeness (QED) is 0.156. The lowest BCUT2D eigenvalue weighted by molar-refractivity contribution is -0.120. The van der Waals surface area contributed by atoms with E-state index in [-0.39, 0.29) is 47.9 Å². The number of benzene rings is 2. The van der Waals surface area contributed by atoms with Crippen LogP contribution in [-0.2, 0) is 22.0 Å². The number of rotatable bonds is 10. The molecule has 0 saturated heterocycles. The van der Waals surface area contributed by atoms with Gasteiger partial charge in [-0.1, -0.05) is 30.3 Å². The van der Waals surface area contributed by atoms with Crippen LogP contribution in [0.25, 0.3) is 0 Å². The van der Waals surface area contributed by atoms with Crippen molar-refractivity contribution >= 4 is 30.0 Å². The summed E-state index contributed by atoms with van der Waals surface area (Å²) in [6.07, 6.45) is -0.473. The van der Waals surface area contributed by atoms with Gasteiger partial charge in [-0.15, -0.1) is 12.4 Å². The Hall–Kier alpha value is -3.49. The molecule has 0 spiro atoms. The third-order valence-corrected chi connectivity index (χ3v) is 4.11. The fourth-order valence-corrected chi connectivity index (χ4v) is 2.62. The Morgan fingerprint density at radius 3 is 2.53 bits per heavy atom. The second kappa shape index (κ2) is 12.4. The SMILES string of the molecule is Cl.N#Cc1ccc(NCC(F)(F)c2ccccc2)c(F)c1CC(=O)NCCONC(=N)N. The van der Waals surface area contributed by atoms with Crippen LogP contribution in [0.3, 0.4) is 0 Å². The van der Waals surface area contributed by atoms with Gasteiger partial charge in [0.25, 0.3) is 5.92 Å². The van der Waals surface area contributed by atoms with Crippen molar-refractivity contribution in [1.82, 2.24) is 10.8 Å². The number of hydrogen-bond acceptors (Lipinski definition) is 5. The summed E-state index contributed by atoms with van der Waals surface area (Å²) in [5.41, 5.74) is 6.34. The number of halogens is 4.